The van der Waals surface area contributed by atoms with Crippen molar-refractivity contribution in [2.24, 2.45) is 0 Å². The molecule has 0 unspecified atom stereocenters. The van der Waals surface area contributed by atoms with Crippen LogP contribution in [-0.2, 0) is 16.0 Å². The standard InChI is InChI=1S/C17H14F2N2O3/c1-21-13-7-10(5-6-14(13)24-9-16(21)23)8-15(22)20-17-11(18)3-2-4-12(17)19/h2-7H,8-9H2,1H3,(H,20,22). The number of ether oxygens (including phenoxy) is 1. The van der Waals surface area contributed by atoms with Crippen LogP contribution in [0.15, 0.2) is 36.4 Å². The molecule has 1 N–H and O–H groups in total. The van der Waals surface area contributed by atoms with Crippen molar-refractivity contribution in [2.45, 2.75) is 6.42 Å². The van der Waals surface area contributed by atoms with Gasteiger partial charge >= 0.3 is 0 Å². The van der Waals surface area contributed by atoms with Gasteiger partial charge in [-0.05, 0) is 29.8 Å². The second-order valence-corrected chi connectivity index (χ2v) is 5.37. The number of carbonyl (C=O) groups excluding carboxylic acids is 2. The Bertz CT molecular complexity index is 803. The molecule has 0 bridgehead atoms. The highest BCUT2D eigenvalue weighted by molar-refractivity contribution is 5.98. The molecule has 3 rings (SSSR count). The Kier molecular flexibility index (Phi) is 4.16. The minimum absolute atomic E-state index is 0.0319. The van der Waals surface area contributed by atoms with Crippen molar-refractivity contribution in [3.05, 3.63) is 53.6 Å². The molecule has 24 heavy (non-hydrogen) atoms. The van der Waals surface area contributed by atoms with Crippen LogP contribution < -0.4 is 15.0 Å². The number of halogens is 2. The Morgan fingerprint density at radius 1 is 1.25 bits per heavy atom. The molecule has 1 aliphatic heterocycles. The van der Waals surface area contributed by atoms with Gasteiger partial charge in [-0.3, -0.25) is 9.59 Å². The van der Waals surface area contributed by atoms with Gasteiger partial charge in [-0.2, -0.15) is 0 Å². The number of anilines is 2. The third kappa shape index (κ3) is 3.05. The summed E-state index contributed by atoms with van der Waals surface area (Å²) in [5.74, 6) is -1.90. The molecule has 0 radical (unpaired) electrons. The molecule has 0 fully saturated rings. The van der Waals surface area contributed by atoms with Gasteiger partial charge in [0.05, 0.1) is 12.1 Å². The van der Waals surface area contributed by atoms with Gasteiger partial charge < -0.3 is 15.0 Å². The molecule has 2 amide bonds. The number of nitrogens with one attached hydrogen (secondary N) is 1. The summed E-state index contributed by atoms with van der Waals surface area (Å²) >= 11 is 0. The van der Waals surface area contributed by atoms with E-state index in [2.05, 4.69) is 5.32 Å². The second-order valence-electron chi connectivity index (χ2n) is 5.37. The van der Waals surface area contributed by atoms with Gasteiger partial charge in [-0.15, -0.1) is 0 Å². The topological polar surface area (TPSA) is 58.6 Å². The maximum Gasteiger partial charge on any atom is 0.264 e. The van der Waals surface area contributed by atoms with E-state index in [1.807, 2.05) is 0 Å². The lowest BCUT2D eigenvalue weighted by Crippen LogP contribution is -2.35. The van der Waals surface area contributed by atoms with Crippen LogP contribution in [0, 0.1) is 11.6 Å². The number of carbonyl (C=O) groups is 2. The summed E-state index contributed by atoms with van der Waals surface area (Å²) in [6.07, 6.45) is -0.0942. The molecule has 5 nitrogen and oxygen atoms in total. The summed E-state index contributed by atoms with van der Waals surface area (Å²) in [7, 11) is 1.61. The third-order valence-electron chi connectivity index (χ3n) is 3.70. The Hall–Kier alpha value is -2.96. The van der Waals surface area contributed by atoms with E-state index in [-0.39, 0.29) is 18.9 Å². The van der Waals surface area contributed by atoms with Crippen molar-refractivity contribution in [1.29, 1.82) is 0 Å². The van der Waals surface area contributed by atoms with Gasteiger partial charge in [0.15, 0.2) is 6.61 Å². The highest BCUT2D eigenvalue weighted by Crippen LogP contribution is 2.32. The van der Waals surface area contributed by atoms with Crippen LogP contribution in [0.3, 0.4) is 0 Å². The van der Waals surface area contributed by atoms with Gasteiger partial charge in [0, 0.05) is 7.05 Å². The molecule has 7 heteroatoms. The van der Waals surface area contributed by atoms with Crippen LogP contribution >= 0.6 is 0 Å². The normalized spacial score (nSPS) is 13.3. The molecular formula is C17H14F2N2O3. The highest BCUT2D eigenvalue weighted by atomic mass is 19.1. The first-order chi connectivity index (χ1) is 11.5. The van der Waals surface area contributed by atoms with E-state index in [0.717, 1.165) is 12.1 Å². The molecule has 0 aromatic heterocycles. The van der Waals surface area contributed by atoms with E-state index < -0.39 is 23.2 Å². The van der Waals surface area contributed by atoms with Crippen LogP contribution in [0.2, 0.25) is 0 Å². The minimum Gasteiger partial charge on any atom is -0.482 e. The molecule has 124 valence electrons. The molecule has 2 aromatic carbocycles. The first kappa shape index (κ1) is 15.9. The monoisotopic (exact) mass is 332 g/mol. The summed E-state index contributed by atoms with van der Waals surface area (Å²) in [6, 6.07) is 8.32. The fraction of sp³-hybridized carbons (Fsp3) is 0.176. The van der Waals surface area contributed by atoms with Crippen LogP contribution in [0.4, 0.5) is 20.2 Å². The number of hydrogen-bond acceptors (Lipinski definition) is 3. The van der Waals surface area contributed by atoms with Gasteiger partial charge in [0.2, 0.25) is 5.91 Å². The van der Waals surface area contributed by atoms with Crippen molar-refractivity contribution in [1.82, 2.24) is 0 Å². The van der Waals surface area contributed by atoms with Crippen LogP contribution in [0.25, 0.3) is 0 Å². The van der Waals surface area contributed by atoms with Crippen molar-refractivity contribution < 1.29 is 23.1 Å². The number of benzene rings is 2. The first-order valence-electron chi connectivity index (χ1n) is 7.22. The number of rotatable bonds is 3. The van der Waals surface area contributed by atoms with Crippen molar-refractivity contribution in [3.8, 4) is 5.75 Å². The highest BCUT2D eigenvalue weighted by Gasteiger charge is 2.22. The van der Waals surface area contributed by atoms with E-state index in [1.54, 1.807) is 25.2 Å². The number of hydrogen-bond donors (Lipinski definition) is 1. The second kappa shape index (κ2) is 6.27. The lowest BCUT2D eigenvalue weighted by Gasteiger charge is -2.26. The van der Waals surface area contributed by atoms with Gasteiger partial charge in [-0.25, -0.2) is 8.78 Å². The summed E-state index contributed by atoms with van der Waals surface area (Å²) < 4.78 is 32.4. The lowest BCUT2D eigenvalue weighted by molar-refractivity contribution is -0.121. The maximum atomic E-state index is 13.6. The van der Waals surface area contributed by atoms with Gasteiger partial charge in [0.25, 0.3) is 5.91 Å². The Morgan fingerprint density at radius 2 is 1.96 bits per heavy atom. The SMILES string of the molecule is CN1C(=O)COc2ccc(CC(=O)Nc3c(F)cccc3F)cc21. The Labute approximate surface area is 136 Å². The fourth-order valence-electron chi connectivity index (χ4n) is 2.41. The van der Waals surface area contributed by atoms with E-state index in [9.17, 15) is 18.4 Å². The van der Waals surface area contributed by atoms with Gasteiger partial charge in [-0.1, -0.05) is 12.1 Å². The van der Waals surface area contributed by atoms with E-state index in [4.69, 9.17) is 4.74 Å². The first-order valence-corrected chi connectivity index (χ1v) is 7.22. The average Bonchev–Trinajstić information content (AvgIpc) is 2.55. The summed E-state index contributed by atoms with van der Waals surface area (Å²) in [5, 5.41) is 2.23. The smallest absolute Gasteiger partial charge is 0.264 e. The predicted octanol–water partition coefficient (Wildman–Crippen LogP) is 2.50. The maximum absolute atomic E-state index is 13.6. The Morgan fingerprint density at radius 3 is 2.67 bits per heavy atom. The molecule has 0 saturated heterocycles. The molecule has 0 aliphatic carbocycles. The van der Waals surface area contributed by atoms with Crippen molar-refractivity contribution in [2.75, 3.05) is 23.9 Å². The molecule has 2 aromatic rings. The molecule has 0 atom stereocenters. The van der Waals surface area contributed by atoms with Gasteiger partial charge in [0.1, 0.15) is 23.1 Å². The summed E-state index contributed by atoms with van der Waals surface area (Å²) in [5.41, 5.74) is 0.665. The lowest BCUT2D eigenvalue weighted by atomic mass is 10.1. The van der Waals surface area contributed by atoms with E-state index >= 15 is 0 Å². The van der Waals surface area contributed by atoms with Crippen LogP contribution in [0.1, 0.15) is 5.56 Å². The average molecular weight is 332 g/mol. The predicted molar refractivity (Wildman–Crippen MR) is 84.0 cm³/mol. The summed E-state index contributed by atoms with van der Waals surface area (Å²) in [4.78, 5) is 25.1. The number of para-hydroxylation sites is 1. The zero-order valence-corrected chi connectivity index (χ0v) is 12.8. The minimum atomic E-state index is -0.840. The van der Waals surface area contributed by atoms with Crippen molar-refractivity contribution in [3.63, 3.8) is 0 Å². The molecular weight excluding hydrogens is 318 g/mol. The zero-order valence-electron chi connectivity index (χ0n) is 12.8. The molecule has 0 saturated carbocycles. The van der Waals surface area contributed by atoms with E-state index in [1.165, 1.54) is 11.0 Å². The molecule has 1 aliphatic rings. The third-order valence-corrected chi connectivity index (χ3v) is 3.70. The Balaban J connectivity index is 1.77. The number of fused-ring (bicyclic) bond motifs is 1. The fourth-order valence-corrected chi connectivity index (χ4v) is 2.41. The molecule has 0 spiro atoms. The number of likely N-dealkylation sites (N-methyl/N-ethyl adjacent to an activating group) is 1. The van der Waals surface area contributed by atoms with Crippen molar-refractivity contribution >= 4 is 23.2 Å². The van der Waals surface area contributed by atoms with Crippen LogP contribution in [-0.4, -0.2) is 25.5 Å². The zero-order chi connectivity index (χ0) is 17.3. The largest absolute Gasteiger partial charge is 0.482 e. The number of nitrogens with zero attached hydrogens (tertiary/aromatic N) is 1. The molecule has 1 heterocycles. The van der Waals surface area contributed by atoms with Crippen LogP contribution in [0.5, 0.6) is 5.75 Å². The quantitative estimate of drug-likeness (QED) is 0.939. The number of amides is 2. The van der Waals surface area contributed by atoms with E-state index in [0.29, 0.717) is 17.0 Å². The summed E-state index contributed by atoms with van der Waals surface area (Å²) in [6.45, 7) is -0.0319.